The average molecular weight is 396 g/mol. The SMILES string of the molecule is CCCc1cccc2nc(-c3ccco3)c(N(C(C)=O)C(C)(C)CC(C)(C)C)n12. The molecule has 0 aliphatic rings. The van der Waals surface area contributed by atoms with Crippen LogP contribution in [0.25, 0.3) is 17.1 Å². The maximum atomic E-state index is 13.1. The quantitative estimate of drug-likeness (QED) is 0.505. The predicted octanol–water partition coefficient (Wildman–Crippen LogP) is 6.11. The van der Waals surface area contributed by atoms with E-state index in [2.05, 4.69) is 52.0 Å². The molecule has 3 rings (SSSR count). The molecule has 156 valence electrons. The number of nitrogens with zero attached hydrogens (tertiary/aromatic N) is 3. The molecule has 3 aromatic rings. The van der Waals surface area contributed by atoms with Crippen LogP contribution in [0.5, 0.6) is 0 Å². The fraction of sp³-hybridized carbons (Fsp3) is 0.500. The Bertz CT molecular complexity index is 991. The number of hydrogen-bond acceptors (Lipinski definition) is 3. The second-order valence-corrected chi connectivity index (χ2v) is 9.63. The summed E-state index contributed by atoms with van der Waals surface area (Å²) in [5, 5.41) is 0. The van der Waals surface area contributed by atoms with Gasteiger partial charge in [-0.05, 0) is 56.4 Å². The van der Waals surface area contributed by atoms with Gasteiger partial charge in [0.2, 0.25) is 5.91 Å². The van der Waals surface area contributed by atoms with Gasteiger partial charge in [-0.3, -0.25) is 14.1 Å². The maximum absolute atomic E-state index is 13.1. The zero-order valence-electron chi connectivity index (χ0n) is 18.7. The van der Waals surface area contributed by atoms with Crippen molar-refractivity contribution in [1.82, 2.24) is 9.38 Å². The van der Waals surface area contributed by atoms with E-state index in [0.29, 0.717) is 11.5 Å². The van der Waals surface area contributed by atoms with E-state index < -0.39 is 5.54 Å². The van der Waals surface area contributed by atoms with Crippen molar-refractivity contribution >= 4 is 17.4 Å². The lowest BCUT2D eigenvalue weighted by atomic mass is 9.80. The first-order chi connectivity index (χ1) is 13.5. The van der Waals surface area contributed by atoms with Crippen molar-refractivity contribution in [1.29, 1.82) is 0 Å². The van der Waals surface area contributed by atoms with Crippen LogP contribution in [0.4, 0.5) is 5.82 Å². The molecule has 0 spiro atoms. The first-order valence-electron chi connectivity index (χ1n) is 10.4. The van der Waals surface area contributed by atoms with Gasteiger partial charge in [-0.1, -0.05) is 40.2 Å². The van der Waals surface area contributed by atoms with Crippen molar-refractivity contribution in [2.75, 3.05) is 4.90 Å². The predicted molar refractivity (Wildman–Crippen MR) is 118 cm³/mol. The van der Waals surface area contributed by atoms with Crippen molar-refractivity contribution in [3.8, 4) is 11.5 Å². The standard InChI is InChI=1S/C24H33N3O2/c1-8-11-18-12-9-14-20-25-21(19-13-10-15-29-19)22(26(18)20)27(17(2)28)24(6,7)16-23(3,4)5/h9-10,12-15H,8,11,16H2,1-7H3. The number of amides is 1. The summed E-state index contributed by atoms with van der Waals surface area (Å²) in [6.45, 7) is 14.7. The number of aromatic nitrogens is 2. The number of pyridine rings is 1. The molecule has 0 radical (unpaired) electrons. The van der Waals surface area contributed by atoms with Crippen LogP contribution in [-0.4, -0.2) is 20.8 Å². The van der Waals surface area contributed by atoms with Gasteiger partial charge in [0.05, 0.1) is 6.26 Å². The Morgan fingerprint density at radius 3 is 2.41 bits per heavy atom. The van der Waals surface area contributed by atoms with Gasteiger partial charge < -0.3 is 4.42 Å². The lowest BCUT2D eigenvalue weighted by Gasteiger charge is -2.42. The topological polar surface area (TPSA) is 50.8 Å². The number of imidazole rings is 1. The van der Waals surface area contributed by atoms with Crippen LogP contribution >= 0.6 is 0 Å². The Morgan fingerprint density at radius 2 is 1.86 bits per heavy atom. The molecule has 0 bridgehead atoms. The van der Waals surface area contributed by atoms with E-state index in [4.69, 9.17) is 9.40 Å². The minimum absolute atomic E-state index is 0.000146. The Kier molecular flexibility index (Phi) is 5.61. The highest BCUT2D eigenvalue weighted by Gasteiger charge is 2.38. The fourth-order valence-corrected chi connectivity index (χ4v) is 4.62. The number of anilines is 1. The molecule has 0 unspecified atom stereocenters. The van der Waals surface area contributed by atoms with Crippen LogP contribution < -0.4 is 4.90 Å². The van der Waals surface area contributed by atoms with Gasteiger partial charge in [-0.15, -0.1) is 0 Å². The molecule has 1 amide bonds. The van der Waals surface area contributed by atoms with E-state index in [9.17, 15) is 4.79 Å². The molecular weight excluding hydrogens is 362 g/mol. The maximum Gasteiger partial charge on any atom is 0.225 e. The molecule has 5 heteroatoms. The van der Waals surface area contributed by atoms with Crippen molar-refractivity contribution in [3.05, 3.63) is 42.3 Å². The third-order valence-electron chi connectivity index (χ3n) is 5.06. The molecule has 0 fully saturated rings. The van der Waals surface area contributed by atoms with Gasteiger partial charge in [-0.2, -0.15) is 0 Å². The number of carbonyl (C=O) groups excluding carboxylic acids is 1. The molecule has 5 nitrogen and oxygen atoms in total. The van der Waals surface area contributed by atoms with Gasteiger partial charge in [-0.25, -0.2) is 4.98 Å². The molecule has 0 aliphatic carbocycles. The van der Waals surface area contributed by atoms with Gasteiger partial charge in [0.25, 0.3) is 0 Å². The van der Waals surface area contributed by atoms with Crippen molar-refractivity contribution in [2.45, 2.75) is 73.3 Å². The molecule has 3 heterocycles. The number of carbonyl (C=O) groups is 1. The van der Waals surface area contributed by atoms with Crippen LogP contribution in [0.15, 0.2) is 41.0 Å². The zero-order valence-corrected chi connectivity index (χ0v) is 18.7. The van der Waals surface area contributed by atoms with E-state index >= 15 is 0 Å². The van der Waals surface area contributed by atoms with Crippen molar-refractivity contribution in [3.63, 3.8) is 0 Å². The second kappa shape index (κ2) is 7.69. The molecule has 0 aromatic carbocycles. The Labute approximate surface area is 173 Å². The van der Waals surface area contributed by atoms with E-state index in [1.54, 1.807) is 13.2 Å². The third-order valence-corrected chi connectivity index (χ3v) is 5.06. The van der Waals surface area contributed by atoms with Crippen LogP contribution in [0.2, 0.25) is 0 Å². The zero-order chi connectivity index (χ0) is 21.4. The monoisotopic (exact) mass is 395 g/mol. The van der Waals surface area contributed by atoms with Crippen molar-refractivity contribution < 1.29 is 9.21 Å². The normalized spacial score (nSPS) is 12.5. The van der Waals surface area contributed by atoms with Gasteiger partial charge in [0.1, 0.15) is 11.3 Å². The fourth-order valence-electron chi connectivity index (χ4n) is 4.62. The van der Waals surface area contributed by atoms with E-state index in [1.807, 2.05) is 29.2 Å². The summed E-state index contributed by atoms with van der Waals surface area (Å²) in [5.41, 5.74) is 2.34. The number of furan rings is 1. The minimum atomic E-state index is -0.402. The molecular formula is C24H33N3O2. The first kappa shape index (κ1) is 21.2. The molecule has 29 heavy (non-hydrogen) atoms. The van der Waals surface area contributed by atoms with E-state index in [0.717, 1.165) is 36.4 Å². The summed E-state index contributed by atoms with van der Waals surface area (Å²) in [6, 6.07) is 9.89. The molecule has 0 aliphatic heterocycles. The highest BCUT2D eigenvalue weighted by Crippen LogP contribution is 2.40. The molecule has 3 aromatic heterocycles. The summed E-state index contributed by atoms with van der Waals surface area (Å²) >= 11 is 0. The smallest absolute Gasteiger partial charge is 0.225 e. The van der Waals surface area contributed by atoms with Crippen LogP contribution in [0.1, 0.15) is 67.0 Å². The van der Waals surface area contributed by atoms with Crippen LogP contribution in [-0.2, 0) is 11.2 Å². The van der Waals surface area contributed by atoms with E-state index in [1.165, 1.54) is 0 Å². The largest absolute Gasteiger partial charge is 0.463 e. The Morgan fingerprint density at radius 1 is 1.14 bits per heavy atom. The highest BCUT2D eigenvalue weighted by atomic mass is 16.3. The summed E-state index contributed by atoms with van der Waals surface area (Å²) in [6.07, 6.45) is 4.41. The van der Waals surface area contributed by atoms with Crippen molar-refractivity contribution in [2.24, 2.45) is 5.41 Å². The molecule has 0 atom stereocenters. The second-order valence-electron chi connectivity index (χ2n) is 9.63. The Balaban J connectivity index is 2.34. The Hall–Kier alpha value is -2.56. The van der Waals surface area contributed by atoms with E-state index in [-0.39, 0.29) is 11.3 Å². The number of hydrogen-bond donors (Lipinski definition) is 0. The van der Waals surface area contributed by atoms with Gasteiger partial charge >= 0.3 is 0 Å². The number of aryl methyl sites for hydroxylation is 1. The summed E-state index contributed by atoms with van der Waals surface area (Å²) < 4.78 is 7.85. The van der Waals surface area contributed by atoms with Crippen LogP contribution in [0, 0.1) is 5.41 Å². The summed E-state index contributed by atoms with van der Waals surface area (Å²) in [7, 11) is 0. The molecule has 0 N–H and O–H groups in total. The first-order valence-corrected chi connectivity index (χ1v) is 10.4. The summed E-state index contributed by atoms with van der Waals surface area (Å²) in [5.74, 6) is 1.46. The number of fused-ring (bicyclic) bond motifs is 1. The molecule has 0 saturated heterocycles. The average Bonchev–Trinajstić information content (AvgIpc) is 3.21. The van der Waals surface area contributed by atoms with Crippen LogP contribution in [0.3, 0.4) is 0 Å². The lowest BCUT2D eigenvalue weighted by molar-refractivity contribution is -0.117. The third kappa shape index (κ3) is 4.24. The van der Waals surface area contributed by atoms with Gasteiger partial charge in [0.15, 0.2) is 11.6 Å². The number of rotatable bonds is 6. The summed E-state index contributed by atoms with van der Waals surface area (Å²) in [4.78, 5) is 19.9. The lowest BCUT2D eigenvalue weighted by Crippen LogP contribution is -2.50. The highest BCUT2D eigenvalue weighted by molar-refractivity contribution is 5.96. The molecule has 0 saturated carbocycles. The minimum Gasteiger partial charge on any atom is -0.463 e. The van der Waals surface area contributed by atoms with Gasteiger partial charge in [0, 0.05) is 18.2 Å².